The van der Waals surface area contributed by atoms with E-state index >= 15 is 0 Å². The molecule has 1 rings (SSSR count). The summed E-state index contributed by atoms with van der Waals surface area (Å²) in [6, 6.07) is 12.3. The minimum atomic E-state index is -0.736. The third-order valence-corrected chi connectivity index (χ3v) is 3.05. The molecule has 3 nitrogen and oxygen atoms in total. The van der Waals surface area contributed by atoms with E-state index in [1.54, 1.807) is 0 Å². The first-order valence-corrected chi connectivity index (χ1v) is 6.70. The van der Waals surface area contributed by atoms with Crippen LogP contribution in [0.1, 0.15) is 46.6 Å². The molecule has 0 radical (unpaired) electrons. The van der Waals surface area contributed by atoms with E-state index in [0.717, 1.165) is 12.0 Å². The van der Waals surface area contributed by atoms with Gasteiger partial charge in [-0.15, -0.1) is 0 Å². The molecule has 0 heterocycles. The molecule has 1 aromatic rings. The summed E-state index contributed by atoms with van der Waals surface area (Å²) in [5, 5.41) is 18.0. The van der Waals surface area contributed by atoms with Crippen molar-refractivity contribution in [3.8, 4) is 6.07 Å². The second-order valence-electron chi connectivity index (χ2n) is 6.11. The molecule has 0 saturated carbocycles. The normalized spacial score (nSPS) is 15.4. The van der Waals surface area contributed by atoms with E-state index in [9.17, 15) is 5.26 Å². The van der Waals surface area contributed by atoms with Crippen LogP contribution in [0, 0.1) is 17.2 Å². The second kappa shape index (κ2) is 5.97. The highest BCUT2D eigenvalue weighted by atomic mass is 15.2. The maximum absolute atomic E-state index is 9.30. The van der Waals surface area contributed by atoms with Crippen LogP contribution in [-0.2, 0) is 5.54 Å². The van der Waals surface area contributed by atoms with Gasteiger partial charge in [0.2, 0.25) is 0 Å². The minimum Gasteiger partial charge on any atom is -0.196 e. The Labute approximate surface area is 116 Å². The summed E-state index contributed by atoms with van der Waals surface area (Å²) in [6.45, 7) is 10.1. The molecule has 0 N–H and O–H groups in total. The van der Waals surface area contributed by atoms with Crippen LogP contribution in [-0.4, -0.2) is 5.54 Å². The molecule has 0 saturated heterocycles. The molecule has 1 aromatic carbocycles. The highest BCUT2D eigenvalue weighted by Crippen LogP contribution is 2.28. The van der Waals surface area contributed by atoms with E-state index in [4.69, 9.17) is 0 Å². The number of nitrogens with zero attached hydrogens (tertiary/aromatic N) is 3. The van der Waals surface area contributed by atoms with Crippen LogP contribution in [0.4, 0.5) is 0 Å². The van der Waals surface area contributed by atoms with E-state index in [-0.39, 0.29) is 0 Å². The van der Waals surface area contributed by atoms with Crippen molar-refractivity contribution in [2.75, 3.05) is 0 Å². The van der Waals surface area contributed by atoms with Gasteiger partial charge in [0.25, 0.3) is 0 Å². The quantitative estimate of drug-likeness (QED) is 0.705. The first-order valence-electron chi connectivity index (χ1n) is 6.70. The summed E-state index contributed by atoms with van der Waals surface area (Å²) in [4.78, 5) is 0. The first kappa shape index (κ1) is 15.4. The molecule has 1 atom stereocenters. The molecule has 0 aliphatic carbocycles. The molecule has 0 fully saturated rings. The van der Waals surface area contributed by atoms with E-state index < -0.39 is 11.1 Å². The lowest BCUT2D eigenvalue weighted by Gasteiger charge is -2.23. The largest absolute Gasteiger partial charge is 0.196 e. The predicted molar refractivity (Wildman–Crippen MR) is 77.8 cm³/mol. The van der Waals surface area contributed by atoms with Crippen molar-refractivity contribution in [1.29, 1.82) is 5.26 Å². The van der Waals surface area contributed by atoms with Gasteiger partial charge in [-0.25, -0.2) is 0 Å². The number of rotatable bonds is 5. The van der Waals surface area contributed by atoms with Gasteiger partial charge in [-0.1, -0.05) is 44.2 Å². The fraction of sp³-hybridized carbons (Fsp3) is 0.562. The summed E-state index contributed by atoms with van der Waals surface area (Å²) in [5.74, 6) is 0.420. The third-order valence-electron chi connectivity index (χ3n) is 3.05. The van der Waals surface area contributed by atoms with Crippen LogP contribution in [0.15, 0.2) is 40.6 Å². The van der Waals surface area contributed by atoms with Crippen LogP contribution >= 0.6 is 0 Å². The van der Waals surface area contributed by atoms with Crippen molar-refractivity contribution >= 4 is 0 Å². The third kappa shape index (κ3) is 4.48. The zero-order valence-corrected chi connectivity index (χ0v) is 12.5. The standard InChI is InChI=1S/C16H23N3/c1-13(2)11-16(5,12-17)19-18-15(3,4)14-9-7-6-8-10-14/h6-10,13H,11H2,1-5H3. The fourth-order valence-electron chi connectivity index (χ4n) is 2.04. The Hall–Kier alpha value is -1.69. The molecule has 0 amide bonds. The number of azo groups is 1. The highest BCUT2D eigenvalue weighted by molar-refractivity contribution is 5.22. The zero-order valence-electron chi connectivity index (χ0n) is 12.5. The molecule has 19 heavy (non-hydrogen) atoms. The zero-order chi connectivity index (χ0) is 14.5. The molecule has 0 aliphatic heterocycles. The summed E-state index contributed by atoms with van der Waals surface area (Å²) in [5.41, 5.74) is -0.0418. The maximum Gasteiger partial charge on any atom is 0.165 e. The molecule has 102 valence electrons. The van der Waals surface area contributed by atoms with Gasteiger partial charge in [-0.05, 0) is 38.7 Å². The van der Waals surface area contributed by atoms with Gasteiger partial charge in [-0.3, -0.25) is 0 Å². The van der Waals surface area contributed by atoms with Crippen LogP contribution < -0.4 is 0 Å². The average Bonchev–Trinajstić information content (AvgIpc) is 2.37. The van der Waals surface area contributed by atoms with Gasteiger partial charge in [0.1, 0.15) is 5.54 Å². The first-order chi connectivity index (χ1) is 8.79. The summed E-state index contributed by atoms with van der Waals surface area (Å²) < 4.78 is 0. The molecule has 1 unspecified atom stereocenters. The molecular weight excluding hydrogens is 234 g/mol. The number of benzene rings is 1. The second-order valence-corrected chi connectivity index (χ2v) is 6.11. The fourth-order valence-corrected chi connectivity index (χ4v) is 2.04. The van der Waals surface area contributed by atoms with Crippen LogP contribution in [0.5, 0.6) is 0 Å². The van der Waals surface area contributed by atoms with Gasteiger partial charge in [0, 0.05) is 0 Å². The van der Waals surface area contributed by atoms with Gasteiger partial charge in [0.05, 0.1) is 6.07 Å². The topological polar surface area (TPSA) is 48.5 Å². The van der Waals surface area contributed by atoms with Crippen molar-refractivity contribution < 1.29 is 0 Å². The van der Waals surface area contributed by atoms with E-state index in [1.807, 2.05) is 51.1 Å². The smallest absolute Gasteiger partial charge is 0.165 e. The van der Waals surface area contributed by atoms with E-state index in [1.165, 1.54) is 0 Å². The van der Waals surface area contributed by atoms with E-state index in [0.29, 0.717) is 5.92 Å². The molecule has 0 aromatic heterocycles. The molecular formula is C16H23N3. The molecule has 3 heteroatoms. The van der Waals surface area contributed by atoms with Crippen molar-refractivity contribution in [3.05, 3.63) is 35.9 Å². The van der Waals surface area contributed by atoms with Crippen molar-refractivity contribution in [2.45, 2.75) is 52.1 Å². The maximum atomic E-state index is 9.30. The van der Waals surface area contributed by atoms with E-state index in [2.05, 4.69) is 30.1 Å². The average molecular weight is 257 g/mol. The SMILES string of the molecule is CC(C)CC(C)(C#N)N=NC(C)(C)c1ccccc1. The molecule has 0 spiro atoms. The van der Waals surface area contributed by atoms with Crippen molar-refractivity contribution in [3.63, 3.8) is 0 Å². The Bertz CT molecular complexity index is 469. The van der Waals surface area contributed by atoms with Gasteiger partial charge < -0.3 is 0 Å². The number of hydrogen-bond acceptors (Lipinski definition) is 3. The lowest BCUT2D eigenvalue weighted by molar-refractivity contribution is 0.401. The Kier molecular flexibility index (Phi) is 4.83. The summed E-state index contributed by atoms with van der Waals surface area (Å²) in [6.07, 6.45) is 0.720. The van der Waals surface area contributed by atoms with Gasteiger partial charge >= 0.3 is 0 Å². The van der Waals surface area contributed by atoms with Crippen LogP contribution in [0.25, 0.3) is 0 Å². The van der Waals surface area contributed by atoms with Gasteiger partial charge in [0.15, 0.2) is 5.54 Å². The van der Waals surface area contributed by atoms with Crippen molar-refractivity contribution in [1.82, 2.24) is 0 Å². The predicted octanol–water partition coefficient (Wildman–Crippen LogP) is 4.70. The minimum absolute atomic E-state index is 0.406. The Morgan fingerprint density at radius 3 is 2.16 bits per heavy atom. The Balaban J connectivity index is 2.94. The van der Waals surface area contributed by atoms with Crippen LogP contribution in [0.2, 0.25) is 0 Å². The lowest BCUT2D eigenvalue weighted by atomic mass is 9.93. The summed E-state index contributed by atoms with van der Waals surface area (Å²) >= 11 is 0. The lowest BCUT2D eigenvalue weighted by Crippen LogP contribution is -2.23. The van der Waals surface area contributed by atoms with Crippen LogP contribution in [0.3, 0.4) is 0 Å². The van der Waals surface area contributed by atoms with Gasteiger partial charge in [-0.2, -0.15) is 15.5 Å². The highest BCUT2D eigenvalue weighted by Gasteiger charge is 2.27. The monoisotopic (exact) mass is 257 g/mol. The number of nitriles is 1. The number of hydrogen-bond donors (Lipinski definition) is 0. The van der Waals surface area contributed by atoms with Crippen molar-refractivity contribution in [2.24, 2.45) is 16.1 Å². The molecule has 0 bridgehead atoms. The Morgan fingerprint density at radius 2 is 1.68 bits per heavy atom. The Morgan fingerprint density at radius 1 is 1.11 bits per heavy atom. The molecule has 0 aliphatic rings. The summed E-state index contributed by atoms with van der Waals surface area (Å²) in [7, 11) is 0.